The lowest BCUT2D eigenvalue weighted by Crippen LogP contribution is -2.42. The number of likely N-dealkylation sites (tertiary alicyclic amines) is 1. The molecule has 0 unspecified atom stereocenters. The number of amides is 1. The van der Waals surface area contributed by atoms with Crippen LogP contribution in [0.5, 0.6) is 0 Å². The largest absolute Gasteiger partial charge is 0.465 e. The number of thiophene rings is 1. The van der Waals surface area contributed by atoms with E-state index in [-0.39, 0.29) is 5.91 Å². The fourth-order valence-corrected chi connectivity index (χ4v) is 4.42. The van der Waals surface area contributed by atoms with Gasteiger partial charge in [0, 0.05) is 18.0 Å². The average molecular weight is 338 g/mol. The highest BCUT2D eigenvalue weighted by Gasteiger charge is 2.25. The number of methoxy groups -OCH3 is 1. The Hall–Kier alpha value is -1.40. The molecule has 0 radical (unpaired) electrons. The maximum absolute atomic E-state index is 12.4. The number of rotatable bonds is 4. The van der Waals surface area contributed by atoms with Crippen molar-refractivity contribution in [3.05, 3.63) is 16.0 Å². The molecule has 2 atom stereocenters. The van der Waals surface area contributed by atoms with Crippen molar-refractivity contribution in [1.82, 2.24) is 4.90 Å². The summed E-state index contributed by atoms with van der Waals surface area (Å²) in [6, 6.07) is 0. The molecule has 0 bridgehead atoms. The van der Waals surface area contributed by atoms with Crippen molar-refractivity contribution in [3.8, 4) is 0 Å². The van der Waals surface area contributed by atoms with E-state index < -0.39 is 5.97 Å². The second-order valence-electron chi connectivity index (χ2n) is 6.67. The minimum atomic E-state index is -0.401. The number of piperidine rings is 1. The molecule has 5 nitrogen and oxygen atoms in total. The topological polar surface area (TPSA) is 58.6 Å². The van der Waals surface area contributed by atoms with E-state index in [2.05, 4.69) is 24.1 Å². The van der Waals surface area contributed by atoms with Gasteiger partial charge >= 0.3 is 5.97 Å². The normalized spacial score (nSPS) is 22.0. The standard InChI is InChI=1S/C17H26N2O3S/c1-10-6-11(2)8-19(7-10)9-14(20)18-16-15(17(21)22-5)12(3)13(4)23-16/h10-11H,6-9H2,1-5H3,(H,18,20)/t10-,11-/m1/s1. The lowest BCUT2D eigenvalue weighted by atomic mass is 9.92. The van der Waals surface area contributed by atoms with Gasteiger partial charge in [-0.05, 0) is 37.7 Å². The van der Waals surface area contributed by atoms with E-state index >= 15 is 0 Å². The molecular formula is C17H26N2O3S. The van der Waals surface area contributed by atoms with Crippen LogP contribution in [-0.2, 0) is 9.53 Å². The fourth-order valence-electron chi connectivity index (χ4n) is 3.35. The van der Waals surface area contributed by atoms with Gasteiger partial charge in [0.05, 0.1) is 19.2 Å². The Kier molecular flexibility index (Phi) is 5.81. The average Bonchev–Trinajstić information content (AvgIpc) is 2.71. The molecular weight excluding hydrogens is 312 g/mol. The van der Waals surface area contributed by atoms with Crippen LogP contribution in [0.3, 0.4) is 0 Å². The van der Waals surface area contributed by atoms with Gasteiger partial charge in [0.2, 0.25) is 5.91 Å². The number of carbonyl (C=O) groups excluding carboxylic acids is 2. The third kappa shape index (κ3) is 4.32. The zero-order valence-electron chi connectivity index (χ0n) is 14.6. The summed E-state index contributed by atoms with van der Waals surface area (Å²) >= 11 is 1.42. The van der Waals surface area contributed by atoms with Crippen LogP contribution in [0.1, 0.15) is 41.1 Å². The Balaban J connectivity index is 2.06. The summed E-state index contributed by atoms with van der Waals surface area (Å²) in [6.45, 7) is 10.5. The molecule has 1 aliphatic heterocycles. The molecule has 1 saturated heterocycles. The van der Waals surface area contributed by atoms with Crippen molar-refractivity contribution in [1.29, 1.82) is 0 Å². The number of anilines is 1. The summed E-state index contributed by atoms with van der Waals surface area (Å²) in [5.74, 6) is 0.756. The smallest absolute Gasteiger partial charge is 0.341 e. The van der Waals surface area contributed by atoms with Gasteiger partial charge in [-0.25, -0.2) is 4.79 Å². The van der Waals surface area contributed by atoms with E-state index in [9.17, 15) is 9.59 Å². The molecule has 1 aromatic heterocycles. The fraction of sp³-hybridized carbons (Fsp3) is 0.647. The number of ether oxygens (including phenoxy) is 1. The Morgan fingerprint density at radius 1 is 1.26 bits per heavy atom. The van der Waals surface area contributed by atoms with Crippen LogP contribution in [0.2, 0.25) is 0 Å². The highest BCUT2D eigenvalue weighted by molar-refractivity contribution is 7.16. The van der Waals surface area contributed by atoms with Crippen LogP contribution in [0.4, 0.5) is 5.00 Å². The monoisotopic (exact) mass is 338 g/mol. The molecule has 1 aliphatic rings. The number of aryl methyl sites for hydroxylation is 1. The van der Waals surface area contributed by atoms with Gasteiger partial charge in [-0.1, -0.05) is 13.8 Å². The van der Waals surface area contributed by atoms with Crippen molar-refractivity contribution in [2.24, 2.45) is 11.8 Å². The van der Waals surface area contributed by atoms with Crippen molar-refractivity contribution >= 4 is 28.2 Å². The summed E-state index contributed by atoms with van der Waals surface area (Å²) in [4.78, 5) is 27.5. The second kappa shape index (κ2) is 7.45. The minimum absolute atomic E-state index is 0.0716. The first kappa shape index (κ1) is 17.9. The molecule has 0 aromatic carbocycles. The molecule has 2 heterocycles. The van der Waals surface area contributed by atoms with Crippen LogP contribution in [0, 0.1) is 25.7 Å². The lowest BCUT2D eigenvalue weighted by molar-refractivity contribution is -0.117. The van der Waals surface area contributed by atoms with Crippen LogP contribution < -0.4 is 5.32 Å². The summed E-state index contributed by atoms with van der Waals surface area (Å²) < 4.78 is 4.84. The highest BCUT2D eigenvalue weighted by Crippen LogP contribution is 2.33. The van der Waals surface area contributed by atoms with Crippen molar-refractivity contribution < 1.29 is 14.3 Å². The second-order valence-corrected chi connectivity index (χ2v) is 7.89. The van der Waals surface area contributed by atoms with Crippen LogP contribution >= 0.6 is 11.3 Å². The van der Waals surface area contributed by atoms with Crippen LogP contribution in [0.25, 0.3) is 0 Å². The van der Waals surface area contributed by atoms with Gasteiger partial charge in [-0.15, -0.1) is 11.3 Å². The number of nitrogens with one attached hydrogen (secondary N) is 1. The van der Waals surface area contributed by atoms with Crippen molar-refractivity contribution in [2.75, 3.05) is 32.1 Å². The first-order valence-electron chi connectivity index (χ1n) is 8.02. The maximum atomic E-state index is 12.4. The first-order chi connectivity index (χ1) is 10.8. The molecule has 0 spiro atoms. The summed E-state index contributed by atoms with van der Waals surface area (Å²) in [5.41, 5.74) is 1.35. The van der Waals surface area contributed by atoms with Crippen molar-refractivity contribution in [2.45, 2.75) is 34.1 Å². The Morgan fingerprint density at radius 2 is 1.87 bits per heavy atom. The zero-order valence-corrected chi connectivity index (χ0v) is 15.4. The van der Waals surface area contributed by atoms with Crippen molar-refractivity contribution in [3.63, 3.8) is 0 Å². The number of hydrogen-bond acceptors (Lipinski definition) is 5. The molecule has 6 heteroatoms. The van der Waals surface area contributed by atoms with Gasteiger partial charge in [-0.3, -0.25) is 9.69 Å². The number of hydrogen-bond donors (Lipinski definition) is 1. The summed E-state index contributed by atoms with van der Waals surface area (Å²) in [5, 5.41) is 3.49. The molecule has 23 heavy (non-hydrogen) atoms. The van der Waals surface area contributed by atoms with Gasteiger partial charge in [0.15, 0.2) is 0 Å². The number of nitrogens with zero attached hydrogens (tertiary/aromatic N) is 1. The third-order valence-electron chi connectivity index (χ3n) is 4.34. The highest BCUT2D eigenvalue weighted by atomic mass is 32.1. The molecule has 0 saturated carbocycles. The van der Waals surface area contributed by atoms with E-state index in [1.54, 1.807) is 0 Å². The Bertz CT molecular complexity index is 587. The van der Waals surface area contributed by atoms with Gasteiger partial charge in [-0.2, -0.15) is 0 Å². The summed E-state index contributed by atoms with van der Waals surface area (Å²) in [6.07, 6.45) is 1.22. The minimum Gasteiger partial charge on any atom is -0.465 e. The maximum Gasteiger partial charge on any atom is 0.341 e. The quantitative estimate of drug-likeness (QED) is 0.857. The first-order valence-corrected chi connectivity index (χ1v) is 8.84. The predicted octanol–water partition coefficient (Wildman–Crippen LogP) is 3.07. The van der Waals surface area contributed by atoms with Gasteiger partial charge in [0.1, 0.15) is 5.00 Å². The van der Waals surface area contributed by atoms with Gasteiger partial charge in [0.25, 0.3) is 0 Å². The molecule has 1 N–H and O–H groups in total. The predicted molar refractivity (Wildman–Crippen MR) is 93.1 cm³/mol. The molecule has 128 valence electrons. The van der Waals surface area contributed by atoms with E-state index in [4.69, 9.17) is 4.74 Å². The molecule has 2 rings (SSSR count). The number of carbonyl (C=O) groups is 2. The van der Waals surface area contributed by atoms with Crippen LogP contribution in [-0.4, -0.2) is 43.5 Å². The molecule has 1 aromatic rings. The molecule has 0 aliphatic carbocycles. The SMILES string of the molecule is COC(=O)c1c(NC(=O)CN2C[C@H](C)C[C@@H](C)C2)sc(C)c1C. The van der Waals surface area contributed by atoms with Gasteiger partial charge < -0.3 is 10.1 Å². The molecule has 1 fully saturated rings. The van der Waals surface area contributed by atoms with E-state index in [1.807, 2.05) is 13.8 Å². The lowest BCUT2D eigenvalue weighted by Gasteiger charge is -2.34. The Morgan fingerprint density at radius 3 is 2.43 bits per heavy atom. The van der Waals surface area contributed by atoms with E-state index in [0.717, 1.165) is 23.5 Å². The van der Waals surface area contributed by atoms with E-state index in [1.165, 1.54) is 24.9 Å². The zero-order chi connectivity index (χ0) is 17.1. The Labute approximate surface area is 142 Å². The molecule has 1 amide bonds. The van der Waals surface area contributed by atoms with Crippen LogP contribution in [0.15, 0.2) is 0 Å². The third-order valence-corrected chi connectivity index (χ3v) is 5.46. The summed E-state index contributed by atoms with van der Waals surface area (Å²) in [7, 11) is 1.36. The van der Waals surface area contributed by atoms with E-state index in [0.29, 0.717) is 28.9 Å². The number of esters is 1.